The van der Waals surface area contributed by atoms with Crippen LogP contribution >= 0.6 is 0 Å². The van der Waals surface area contributed by atoms with Crippen LogP contribution in [0.25, 0.3) is 0 Å². The van der Waals surface area contributed by atoms with Crippen molar-refractivity contribution in [2.75, 3.05) is 0 Å². The third-order valence-corrected chi connectivity index (χ3v) is 2.72. The lowest BCUT2D eigenvalue weighted by molar-refractivity contribution is -0.110. The molecule has 11 heavy (non-hydrogen) atoms. The van der Waals surface area contributed by atoms with Crippen molar-refractivity contribution in [3.05, 3.63) is 0 Å². The lowest BCUT2D eigenvalue weighted by Gasteiger charge is -2.30. The van der Waals surface area contributed by atoms with Gasteiger partial charge in [0.15, 0.2) is 0 Å². The Hall–Kier alpha value is -0.530. The van der Waals surface area contributed by atoms with Gasteiger partial charge in [0.05, 0.1) is 0 Å². The molecule has 2 nitrogen and oxygen atoms in total. The minimum Gasteiger partial charge on any atom is -0.356 e. The zero-order valence-corrected chi connectivity index (χ0v) is 7.18. The molecule has 0 aromatic heterocycles. The highest BCUT2D eigenvalue weighted by Gasteiger charge is 2.22. The molecule has 1 aliphatic carbocycles. The molecule has 2 unspecified atom stereocenters. The van der Waals surface area contributed by atoms with Gasteiger partial charge in [-0.05, 0) is 18.8 Å². The van der Waals surface area contributed by atoms with Crippen LogP contribution in [-0.4, -0.2) is 12.5 Å². The molecule has 1 fully saturated rings. The molecule has 64 valence electrons. The highest BCUT2D eigenvalue weighted by molar-refractivity contribution is 5.46. The van der Waals surface area contributed by atoms with E-state index >= 15 is 0 Å². The molecule has 1 N–H and O–H groups in total. The summed E-state index contributed by atoms with van der Waals surface area (Å²) in [6, 6.07) is 0.464. The van der Waals surface area contributed by atoms with Crippen LogP contribution in [0.15, 0.2) is 0 Å². The molecule has 0 aromatic carbocycles. The highest BCUT2D eigenvalue weighted by Crippen LogP contribution is 2.26. The van der Waals surface area contributed by atoms with Gasteiger partial charge in [0.25, 0.3) is 0 Å². The first kappa shape index (κ1) is 8.57. The molecule has 1 saturated carbocycles. The van der Waals surface area contributed by atoms with Gasteiger partial charge in [-0.25, -0.2) is 0 Å². The van der Waals surface area contributed by atoms with Gasteiger partial charge >= 0.3 is 0 Å². The minimum absolute atomic E-state index is 0.464. The predicted molar refractivity (Wildman–Crippen MR) is 45.2 cm³/mol. The largest absolute Gasteiger partial charge is 0.356 e. The van der Waals surface area contributed by atoms with Crippen LogP contribution in [-0.2, 0) is 4.79 Å². The molecule has 0 radical (unpaired) electrons. The Morgan fingerprint density at radius 3 is 2.82 bits per heavy atom. The average Bonchev–Trinajstić information content (AvgIpc) is 2.06. The maximum absolute atomic E-state index is 10.2. The zero-order valence-electron chi connectivity index (χ0n) is 7.18. The van der Waals surface area contributed by atoms with Crippen LogP contribution in [0.3, 0.4) is 0 Å². The van der Waals surface area contributed by atoms with Crippen LogP contribution in [0.4, 0.5) is 0 Å². The van der Waals surface area contributed by atoms with Gasteiger partial charge in [0, 0.05) is 6.04 Å². The van der Waals surface area contributed by atoms with E-state index in [1.54, 1.807) is 0 Å². The van der Waals surface area contributed by atoms with Crippen LogP contribution < -0.4 is 5.32 Å². The Kier molecular flexibility index (Phi) is 3.40. The summed E-state index contributed by atoms with van der Waals surface area (Å²) in [6.45, 7) is 2.20. The Labute approximate surface area is 68.4 Å². The fraction of sp³-hybridized carbons (Fsp3) is 0.889. The molecule has 0 bridgehead atoms. The molecule has 0 saturated heterocycles. The summed E-state index contributed by atoms with van der Waals surface area (Å²) >= 11 is 0. The van der Waals surface area contributed by atoms with Crippen molar-refractivity contribution < 1.29 is 4.79 Å². The highest BCUT2D eigenvalue weighted by atomic mass is 16.1. The molecule has 0 aromatic rings. The number of carbonyl (C=O) groups excluding carboxylic acids is 1. The van der Waals surface area contributed by atoms with E-state index in [9.17, 15) is 4.79 Å². The Bertz CT molecular complexity index is 125. The molecule has 1 aliphatic rings. The molecule has 1 amide bonds. The standard InChI is InChI=1S/C9H17NO/c1-2-8-5-3-4-6-9(8)10-7-11/h7-9H,2-6H2,1H3,(H,10,11). The van der Waals surface area contributed by atoms with Crippen molar-refractivity contribution in [1.29, 1.82) is 0 Å². The van der Waals surface area contributed by atoms with E-state index in [1.807, 2.05) is 0 Å². The molecular weight excluding hydrogens is 138 g/mol. The molecular formula is C9H17NO. The summed E-state index contributed by atoms with van der Waals surface area (Å²) in [5.41, 5.74) is 0. The van der Waals surface area contributed by atoms with Gasteiger partial charge in [0.1, 0.15) is 0 Å². The summed E-state index contributed by atoms with van der Waals surface area (Å²) in [5, 5.41) is 2.90. The number of nitrogens with one attached hydrogen (secondary N) is 1. The quantitative estimate of drug-likeness (QED) is 0.617. The Morgan fingerprint density at radius 2 is 2.18 bits per heavy atom. The van der Waals surface area contributed by atoms with Crippen molar-refractivity contribution in [1.82, 2.24) is 5.32 Å². The van der Waals surface area contributed by atoms with Crippen LogP contribution in [0.2, 0.25) is 0 Å². The van der Waals surface area contributed by atoms with Gasteiger partial charge in [-0.1, -0.05) is 26.2 Å². The lowest BCUT2D eigenvalue weighted by Crippen LogP contribution is -2.37. The molecule has 1 rings (SSSR count). The number of hydrogen-bond acceptors (Lipinski definition) is 1. The second kappa shape index (κ2) is 4.37. The molecule has 2 heteroatoms. The third kappa shape index (κ3) is 2.21. The first-order chi connectivity index (χ1) is 5.38. The van der Waals surface area contributed by atoms with Gasteiger partial charge < -0.3 is 5.32 Å². The van der Waals surface area contributed by atoms with Crippen molar-refractivity contribution in [2.24, 2.45) is 5.92 Å². The first-order valence-electron chi connectivity index (χ1n) is 4.58. The number of carbonyl (C=O) groups is 1. The summed E-state index contributed by atoms with van der Waals surface area (Å²) in [4.78, 5) is 10.2. The Balaban J connectivity index is 2.37. The molecule has 2 atom stereocenters. The zero-order chi connectivity index (χ0) is 8.10. The number of amides is 1. The molecule has 0 aliphatic heterocycles. The van der Waals surface area contributed by atoms with E-state index in [-0.39, 0.29) is 0 Å². The van der Waals surface area contributed by atoms with Gasteiger partial charge in [0.2, 0.25) is 6.41 Å². The van der Waals surface area contributed by atoms with Crippen LogP contribution in [0, 0.1) is 5.92 Å². The fourth-order valence-electron chi connectivity index (χ4n) is 2.00. The lowest BCUT2D eigenvalue weighted by atomic mass is 9.83. The number of hydrogen-bond donors (Lipinski definition) is 1. The smallest absolute Gasteiger partial charge is 0.207 e. The van der Waals surface area contributed by atoms with E-state index in [2.05, 4.69) is 12.2 Å². The predicted octanol–water partition coefficient (Wildman–Crippen LogP) is 1.70. The minimum atomic E-state index is 0.464. The summed E-state index contributed by atoms with van der Waals surface area (Å²) < 4.78 is 0. The first-order valence-corrected chi connectivity index (χ1v) is 4.58. The third-order valence-electron chi connectivity index (χ3n) is 2.72. The van der Waals surface area contributed by atoms with Gasteiger partial charge in [-0.2, -0.15) is 0 Å². The van der Waals surface area contributed by atoms with E-state index in [1.165, 1.54) is 32.1 Å². The molecule has 0 spiro atoms. The number of rotatable bonds is 3. The van der Waals surface area contributed by atoms with Crippen LogP contribution in [0.5, 0.6) is 0 Å². The van der Waals surface area contributed by atoms with Gasteiger partial charge in [-0.15, -0.1) is 0 Å². The van der Waals surface area contributed by atoms with Crippen molar-refractivity contribution in [2.45, 2.75) is 45.1 Å². The van der Waals surface area contributed by atoms with Crippen molar-refractivity contribution in [3.63, 3.8) is 0 Å². The van der Waals surface area contributed by atoms with E-state index < -0.39 is 0 Å². The van der Waals surface area contributed by atoms with E-state index in [4.69, 9.17) is 0 Å². The normalized spacial score (nSPS) is 31.4. The summed E-state index contributed by atoms with van der Waals surface area (Å²) in [7, 11) is 0. The summed E-state index contributed by atoms with van der Waals surface area (Å²) in [5.74, 6) is 0.731. The SMILES string of the molecule is CCC1CCCCC1NC=O. The van der Waals surface area contributed by atoms with Crippen molar-refractivity contribution >= 4 is 6.41 Å². The topological polar surface area (TPSA) is 29.1 Å². The second-order valence-corrected chi connectivity index (χ2v) is 3.34. The maximum Gasteiger partial charge on any atom is 0.207 e. The molecule has 0 heterocycles. The van der Waals surface area contributed by atoms with E-state index in [0.717, 1.165) is 12.3 Å². The summed E-state index contributed by atoms with van der Waals surface area (Å²) in [6.07, 6.45) is 7.14. The second-order valence-electron chi connectivity index (χ2n) is 3.34. The fourth-order valence-corrected chi connectivity index (χ4v) is 2.00. The van der Waals surface area contributed by atoms with Crippen molar-refractivity contribution in [3.8, 4) is 0 Å². The van der Waals surface area contributed by atoms with Gasteiger partial charge in [-0.3, -0.25) is 4.79 Å². The van der Waals surface area contributed by atoms with E-state index in [0.29, 0.717) is 6.04 Å². The average molecular weight is 155 g/mol. The van der Waals surface area contributed by atoms with Crippen LogP contribution in [0.1, 0.15) is 39.0 Å². The monoisotopic (exact) mass is 155 g/mol. The maximum atomic E-state index is 10.2. The Morgan fingerprint density at radius 1 is 1.45 bits per heavy atom.